The van der Waals surface area contributed by atoms with Gasteiger partial charge in [0, 0.05) is 12.1 Å². The van der Waals surface area contributed by atoms with Gasteiger partial charge in [0.05, 0.1) is 18.2 Å². The molecule has 0 aliphatic rings. The zero-order chi connectivity index (χ0) is 10.8. The molecule has 2 aromatic heterocycles. The Morgan fingerprint density at radius 2 is 2.33 bits per heavy atom. The van der Waals surface area contributed by atoms with Crippen molar-refractivity contribution in [3.63, 3.8) is 0 Å². The van der Waals surface area contributed by atoms with Crippen LogP contribution in [0.2, 0.25) is 0 Å². The molecule has 0 aromatic carbocycles. The Hall–Kier alpha value is -1.62. The van der Waals surface area contributed by atoms with Gasteiger partial charge < -0.3 is 14.2 Å². The number of nitrogens with zero attached hydrogens (tertiary/aromatic N) is 3. The normalized spacial score (nSPS) is 11.2. The molecule has 0 spiro atoms. The van der Waals surface area contributed by atoms with Gasteiger partial charge in [-0.25, -0.2) is 4.98 Å². The fourth-order valence-electron chi connectivity index (χ4n) is 1.42. The first-order chi connectivity index (χ1) is 7.22. The van der Waals surface area contributed by atoms with E-state index >= 15 is 0 Å². The van der Waals surface area contributed by atoms with E-state index in [0.29, 0.717) is 17.5 Å². The fraction of sp³-hybridized carbons (Fsp3) is 0.400. The number of aromatic nitrogens is 3. The lowest BCUT2D eigenvalue weighted by Gasteiger charge is -2.08. The van der Waals surface area contributed by atoms with E-state index in [9.17, 15) is 0 Å². The first-order valence-corrected chi connectivity index (χ1v) is 4.81. The molecule has 0 unspecified atom stereocenters. The molecule has 2 heterocycles. The number of rotatable bonds is 3. The van der Waals surface area contributed by atoms with Crippen LogP contribution in [-0.4, -0.2) is 19.8 Å². The van der Waals surface area contributed by atoms with Gasteiger partial charge in [0.15, 0.2) is 5.76 Å². The zero-order valence-electron chi connectivity index (χ0n) is 8.71. The summed E-state index contributed by atoms with van der Waals surface area (Å²) in [5.41, 5.74) is 1.60. The molecular weight excluding hydrogens is 194 g/mol. The smallest absolute Gasteiger partial charge is 0.162 e. The second-order valence-corrected chi connectivity index (χ2v) is 3.62. The maximum absolute atomic E-state index is 8.87. The predicted molar refractivity (Wildman–Crippen MR) is 54.0 cm³/mol. The van der Waals surface area contributed by atoms with Crippen LogP contribution in [0.25, 0.3) is 11.4 Å². The van der Waals surface area contributed by atoms with Crippen molar-refractivity contribution < 1.29 is 9.63 Å². The maximum Gasteiger partial charge on any atom is 0.162 e. The third-order valence-electron chi connectivity index (χ3n) is 2.20. The van der Waals surface area contributed by atoms with E-state index in [0.717, 1.165) is 5.69 Å². The molecule has 1 N–H and O–H groups in total. The largest absolute Gasteiger partial charge is 0.388 e. The lowest BCUT2D eigenvalue weighted by atomic mass is 10.3. The van der Waals surface area contributed by atoms with Crippen molar-refractivity contribution in [2.45, 2.75) is 26.5 Å². The number of hydrogen-bond donors (Lipinski definition) is 1. The van der Waals surface area contributed by atoms with Crippen LogP contribution in [0.1, 0.15) is 25.6 Å². The van der Waals surface area contributed by atoms with Gasteiger partial charge in [0.2, 0.25) is 0 Å². The summed E-state index contributed by atoms with van der Waals surface area (Å²) in [5, 5.41) is 12.7. The van der Waals surface area contributed by atoms with E-state index < -0.39 is 0 Å². The van der Waals surface area contributed by atoms with E-state index in [1.165, 1.54) is 0 Å². The highest BCUT2D eigenvalue weighted by molar-refractivity contribution is 5.53. The van der Waals surface area contributed by atoms with Crippen molar-refractivity contribution in [2.75, 3.05) is 0 Å². The first kappa shape index (κ1) is 9.92. The van der Waals surface area contributed by atoms with E-state index in [4.69, 9.17) is 9.63 Å². The highest BCUT2D eigenvalue weighted by Gasteiger charge is 2.12. The summed E-state index contributed by atoms with van der Waals surface area (Å²) < 4.78 is 6.93. The molecule has 0 fully saturated rings. The van der Waals surface area contributed by atoms with Crippen LogP contribution in [0.4, 0.5) is 0 Å². The molecule has 0 atom stereocenters. The molecule has 0 bridgehead atoms. The minimum atomic E-state index is -0.136. The average Bonchev–Trinajstić information content (AvgIpc) is 2.85. The van der Waals surface area contributed by atoms with Crippen LogP contribution in [0.15, 0.2) is 23.1 Å². The monoisotopic (exact) mass is 207 g/mol. The molecule has 0 amide bonds. The molecule has 0 saturated heterocycles. The second kappa shape index (κ2) is 3.86. The average molecular weight is 207 g/mol. The van der Waals surface area contributed by atoms with Crippen molar-refractivity contribution in [2.24, 2.45) is 0 Å². The third kappa shape index (κ3) is 1.78. The Labute approximate surface area is 87.3 Å². The summed E-state index contributed by atoms with van der Waals surface area (Å²) in [6.45, 7) is 4.00. The molecule has 5 nitrogen and oxygen atoms in total. The summed E-state index contributed by atoms with van der Waals surface area (Å²) in [6.07, 6.45) is 3.49. The highest BCUT2D eigenvalue weighted by atomic mass is 16.5. The van der Waals surface area contributed by atoms with E-state index in [1.54, 1.807) is 18.6 Å². The quantitative estimate of drug-likeness (QED) is 0.830. The summed E-state index contributed by atoms with van der Waals surface area (Å²) >= 11 is 0. The first-order valence-electron chi connectivity index (χ1n) is 4.81. The van der Waals surface area contributed by atoms with Crippen molar-refractivity contribution in [3.8, 4) is 11.4 Å². The predicted octanol–water partition coefficient (Wildman–Crippen LogP) is 1.61. The van der Waals surface area contributed by atoms with E-state index in [-0.39, 0.29) is 6.61 Å². The Morgan fingerprint density at radius 3 is 2.93 bits per heavy atom. The van der Waals surface area contributed by atoms with E-state index in [1.807, 2.05) is 4.57 Å². The lowest BCUT2D eigenvalue weighted by Crippen LogP contribution is -2.00. The number of aliphatic hydroxyl groups excluding tert-OH is 1. The van der Waals surface area contributed by atoms with Gasteiger partial charge in [0.25, 0.3) is 0 Å². The van der Waals surface area contributed by atoms with Crippen LogP contribution in [0.3, 0.4) is 0 Å². The zero-order valence-corrected chi connectivity index (χ0v) is 8.71. The highest BCUT2D eigenvalue weighted by Crippen LogP contribution is 2.21. The number of hydrogen-bond acceptors (Lipinski definition) is 4. The number of imidazole rings is 1. The minimum absolute atomic E-state index is 0.136. The van der Waals surface area contributed by atoms with Gasteiger partial charge in [-0.3, -0.25) is 0 Å². The molecule has 0 aliphatic heterocycles. The Balaban J connectivity index is 2.40. The summed E-state index contributed by atoms with van der Waals surface area (Å²) in [4.78, 5) is 4.07. The molecular formula is C10H13N3O2. The standard InChI is InChI=1S/C10H13N3O2/c1-7(2)13-6-11-4-10(13)9-3-8(5-14)15-12-9/h3-4,6-7,14H,5H2,1-2H3. The van der Waals surface area contributed by atoms with Crippen molar-refractivity contribution in [1.82, 2.24) is 14.7 Å². The third-order valence-corrected chi connectivity index (χ3v) is 2.20. The summed E-state index contributed by atoms with van der Waals surface area (Å²) in [6, 6.07) is 2.03. The molecule has 80 valence electrons. The molecule has 0 radical (unpaired) electrons. The van der Waals surface area contributed by atoms with Crippen molar-refractivity contribution in [3.05, 3.63) is 24.4 Å². The SMILES string of the molecule is CC(C)n1cncc1-c1cc(CO)on1. The maximum atomic E-state index is 8.87. The van der Waals surface area contributed by atoms with Crippen LogP contribution in [0, 0.1) is 0 Å². The topological polar surface area (TPSA) is 64.1 Å². The fourth-order valence-corrected chi connectivity index (χ4v) is 1.42. The minimum Gasteiger partial charge on any atom is -0.388 e. The van der Waals surface area contributed by atoms with E-state index in [2.05, 4.69) is 24.0 Å². The lowest BCUT2D eigenvalue weighted by molar-refractivity contribution is 0.229. The van der Waals surface area contributed by atoms with Gasteiger partial charge in [0.1, 0.15) is 12.3 Å². The van der Waals surface area contributed by atoms with Crippen LogP contribution in [-0.2, 0) is 6.61 Å². The van der Waals surface area contributed by atoms with Crippen LogP contribution in [0.5, 0.6) is 0 Å². The molecule has 0 saturated carbocycles. The molecule has 2 rings (SSSR count). The molecule has 5 heteroatoms. The van der Waals surface area contributed by atoms with Crippen molar-refractivity contribution in [1.29, 1.82) is 0 Å². The van der Waals surface area contributed by atoms with Crippen LogP contribution >= 0.6 is 0 Å². The van der Waals surface area contributed by atoms with Gasteiger partial charge in [-0.05, 0) is 13.8 Å². The van der Waals surface area contributed by atoms with Gasteiger partial charge >= 0.3 is 0 Å². The van der Waals surface area contributed by atoms with Crippen LogP contribution < -0.4 is 0 Å². The summed E-state index contributed by atoms with van der Waals surface area (Å²) in [7, 11) is 0. The molecule has 0 aliphatic carbocycles. The molecule has 15 heavy (non-hydrogen) atoms. The molecule has 2 aromatic rings. The second-order valence-electron chi connectivity index (χ2n) is 3.62. The number of aliphatic hydroxyl groups is 1. The Bertz CT molecular complexity index is 445. The van der Waals surface area contributed by atoms with Gasteiger partial charge in [-0.1, -0.05) is 5.16 Å². The summed E-state index contributed by atoms with van der Waals surface area (Å²) in [5.74, 6) is 0.460. The van der Waals surface area contributed by atoms with Crippen molar-refractivity contribution >= 4 is 0 Å². The van der Waals surface area contributed by atoms with Gasteiger partial charge in [-0.15, -0.1) is 0 Å². The Kier molecular flexibility index (Phi) is 2.55. The Morgan fingerprint density at radius 1 is 1.53 bits per heavy atom. The van der Waals surface area contributed by atoms with Gasteiger partial charge in [-0.2, -0.15) is 0 Å².